The molecule has 37 heavy (non-hydrogen) atoms. The standard InChI is InChI=1S/C22H21N7O5S3/c1-27-6-7-28-13(27)4-3-5-14(28)35-8-11-9-36-20-16(19(31)29(20)17(11)21(32)33)25-18(30)15(26-34-2)12-10-37-22(23)24-12/h3-7,10,16,20H,8-9H2,1-2H3,(H3-,23,24,25,30,32,33)/p+1/b26-15-/t16-,20+/m1/s1. The summed E-state index contributed by atoms with van der Waals surface area (Å²) in [5.41, 5.74) is 7.37. The number of hydrogen-bond acceptors (Lipinski definition) is 10. The lowest BCUT2D eigenvalue weighted by atomic mass is 10.0. The van der Waals surface area contributed by atoms with Crippen molar-refractivity contribution in [3.63, 3.8) is 0 Å². The highest BCUT2D eigenvalue weighted by molar-refractivity contribution is 8.01. The monoisotopic (exact) mass is 560 g/mol. The van der Waals surface area contributed by atoms with Gasteiger partial charge in [0, 0.05) is 23.0 Å². The van der Waals surface area contributed by atoms with Crippen molar-refractivity contribution in [1.29, 1.82) is 0 Å². The third kappa shape index (κ3) is 4.53. The number of anilines is 1. The number of thioether (sulfide) groups is 2. The first-order valence-corrected chi connectivity index (χ1v) is 13.8. The number of rotatable bonds is 8. The number of carbonyl (C=O) groups excluding carboxylic acids is 2. The van der Waals surface area contributed by atoms with E-state index in [2.05, 4.69) is 15.5 Å². The molecule has 4 N–H and O–H groups in total. The number of aryl methyl sites for hydroxylation is 1. The smallest absolute Gasteiger partial charge is 0.352 e. The van der Waals surface area contributed by atoms with E-state index in [4.69, 9.17) is 10.6 Å². The third-order valence-electron chi connectivity index (χ3n) is 5.86. The molecule has 2 amide bonds. The molecule has 0 radical (unpaired) electrons. The number of oxime groups is 1. The number of carbonyl (C=O) groups is 3. The van der Waals surface area contributed by atoms with Crippen LogP contribution in [0.1, 0.15) is 5.69 Å². The van der Waals surface area contributed by atoms with E-state index in [1.165, 1.54) is 35.5 Å². The van der Waals surface area contributed by atoms with Crippen LogP contribution in [0.2, 0.25) is 0 Å². The van der Waals surface area contributed by atoms with Crippen LogP contribution in [0.4, 0.5) is 5.13 Å². The summed E-state index contributed by atoms with van der Waals surface area (Å²) < 4.78 is 4.02. The lowest BCUT2D eigenvalue weighted by Crippen LogP contribution is -2.71. The average Bonchev–Trinajstić information content (AvgIpc) is 3.49. The van der Waals surface area contributed by atoms with Gasteiger partial charge < -0.3 is 21.0 Å². The fourth-order valence-electron chi connectivity index (χ4n) is 4.15. The second-order valence-electron chi connectivity index (χ2n) is 8.10. The van der Waals surface area contributed by atoms with Gasteiger partial charge in [0.15, 0.2) is 15.9 Å². The van der Waals surface area contributed by atoms with E-state index >= 15 is 0 Å². The fraction of sp³-hybridized carbons (Fsp3) is 0.273. The summed E-state index contributed by atoms with van der Waals surface area (Å²) in [7, 11) is 3.24. The molecule has 0 saturated carbocycles. The molecule has 0 spiro atoms. The molecule has 192 valence electrons. The van der Waals surface area contributed by atoms with Crippen LogP contribution in [0.15, 0.2) is 57.4 Å². The van der Waals surface area contributed by atoms with E-state index in [1.54, 1.807) is 5.38 Å². The number of pyridine rings is 1. The Morgan fingerprint density at radius 1 is 1.43 bits per heavy atom. The van der Waals surface area contributed by atoms with E-state index in [0.717, 1.165) is 22.0 Å². The highest BCUT2D eigenvalue weighted by Gasteiger charge is 2.54. The second-order valence-corrected chi connectivity index (χ2v) is 11.1. The molecule has 3 aromatic heterocycles. The largest absolute Gasteiger partial charge is 0.477 e. The van der Waals surface area contributed by atoms with Crippen molar-refractivity contribution in [2.24, 2.45) is 12.2 Å². The number of aliphatic carboxylic acids is 1. The molecule has 0 aliphatic carbocycles. The van der Waals surface area contributed by atoms with Gasteiger partial charge in [-0.25, -0.2) is 14.3 Å². The molecule has 0 bridgehead atoms. The Labute approximate surface area is 223 Å². The number of imidazole rings is 1. The zero-order valence-electron chi connectivity index (χ0n) is 19.7. The van der Waals surface area contributed by atoms with Crippen LogP contribution in [-0.2, 0) is 26.3 Å². The van der Waals surface area contributed by atoms with Gasteiger partial charge in [-0.05, 0) is 17.7 Å². The first-order chi connectivity index (χ1) is 17.8. The quantitative estimate of drug-likeness (QED) is 0.119. The Bertz CT molecular complexity index is 1480. The molecule has 2 aliphatic rings. The minimum atomic E-state index is -1.18. The van der Waals surface area contributed by atoms with Crippen LogP contribution in [0.5, 0.6) is 0 Å². The maximum atomic E-state index is 13.0. The normalized spacial score (nSPS) is 19.6. The van der Waals surface area contributed by atoms with E-state index < -0.39 is 29.2 Å². The number of carboxylic acid groups (broad SMARTS) is 1. The van der Waals surface area contributed by atoms with Gasteiger partial charge in [-0.2, -0.15) is 4.40 Å². The molecule has 2 aliphatic heterocycles. The fourth-order valence-corrected chi connectivity index (χ4v) is 7.20. The van der Waals surface area contributed by atoms with Crippen LogP contribution in [0.25, 0.3) is 5.65 Å². The van der Waals surface area contributed by atoms with Crippen molar-refractivity contribution < 1.29 is 28.9 Å². The first kappa shape index (κ1) is 25.1. The van der Waals surface area contributed by atoms with Gasteiger partial charge in [0.2, 0.25) is 0 Å². The van der Waals surface area contributed by atoms with Crippen LogP contribution in [0.3, 0.4) is 0 Å². The van der Waals surface area contributed by atoms with Gasteiger partial charge in [-0.1, -0.05) is 16.9 Å². The van der Waals surface area contributed by atoms with Crippen LogP contribution in [0, 0.1) is 0 Å². The van der Waals surface area contributed by atoms with Crippen LogP contribution >= 0.6 is 34.9 Å². The molecule has 5 heterocycles. The molecule has 2 atom stereocenters. The summed E-state index contributed by atoms with van der Waals surface area (Å²) in [5, 5.41) is 18.6. The van der Waals surface area contributed by atoms with Crippen molar-refractivity contribution in [2.45, 2.75) is 16.4 Å². The van der Waals surface area contributed by atoms with E-state index in [0.29, 0.717) is 17.1 Å². The van der Waals surface area contributed by atoms with E-state index in [9.17, 15) is 19.5 Å². The Balaban J connectivity index is 1.33. The number of thiazole rings is 1. The summed E-state index contributed by atoms with van der Waals surface area (Å²) in [4.78, 5) is 48.2. The summed E-state index contributed by atoms with van der Waals surface area (Å²) >= 11 is 4.04. The number of nitrogen functional groups attached to an aromatic ring is 1. The lowest BCUT2D eigenvalue weighted by molar-refractivity contribution is -0.644. The maximum Gasteiger partial charge on any atom is 0.352 e. The number of nitrogens with one attached hydrogen (secondary N) is 1. The minimum Gasteiger partial charge on any atom is -0.477 e. The van der Waals surface area contributed by atoms with Crippen molar-refractivity contribution in [1.82, 2.24) is 19.6 Å². The number of nitrogens with two attached hydrogens (primary N) is 1. The van der Waals surface area contributed by atoms with Gasteiger partial charge in [-0.3, -0.25) is 14.5 Å². The van der Waals surface area contributed by atoms with Gasteiger partial charge in [0.1, 0.15) is 42.3 Å². The number of aromatic nitrogens is 3. The van der Waals surface area contributed by atoms with Crippen LogP contribution < -0.4 is 15.6 Å². The highest BCUT2D eigenvalue weighted by Crippen LogP contribution is 2.41. The van der Waals surface area contributed by atoms with E-state index in [-0.39, 0.29) is 22.2 Å². The maximum absolute atomic E-state index is 13.0. The first-order valence-electron chi connectivity index (χ1n) is 10.9. The minimum absolute atomic E-state index is 0.0324. The topological polar surface area (TPSA) is 156 Å². The molecule has 0 aromatic carbocycles. The summed E-state index contributed by atoms with van der Waals surface area (Å²) in [5.74, 6) is -1.53. The molecule has 1 fully saturated rings. The Kier molecular flexibility index (Phi) is 6.83. The van der Waals surface area contributed by atoms with Crippen molar-refractivity contribution in [2.75, 3.05) is 24.3 Å². The predicted molar refractivity (Wildman–Crippen MR) is 139 cm³/mol. The number of nitrogens with zero attached hydrogens (tertiary/aromatic N) is 5. The molecular weight excluding hydrogens is 538 g/mol. The lowest BCUT2D eigenvalue weighted by Gasteiger charge is -2.49. The van der Waals surface area contributed by atoms with E-state index in [1.807, 2.05) is 46.6 Å². The Morgan fingerprint density at radius 2 is 2.24 bits per heavy atom. The molecule has 5 rings (SSSR count). The molecular formula is C22H22N7O5S3+. The molecule has 15 heteroatoms. The Hall–Kier alpha value is -3.56. The van der Waals surface area contributed by atoms with Gasteiger partial charge >= 0.3 is 5.97 Å². The van der Waals surface area contributed by atoms with Crippen molar-refractivity contribution in [3.05, 3.63) is 52.9 Å². The number of hydrogen-bond donors (Lipinski definition) is 3. The number of fused-ring (bicyclic) bond motifs is 2. The highest BCUT2D eigenvalue weighted by atomic mass is 32.2. The zero-order valence-corrected chi connectivity index (χ0v) is 22.1. The van der Waals surface area contributed by atoms with Gasteiger partial charge in [-0.15, -0.1) is 23.1 Å². The van der Waals surface area contributed by atoms with Gasteiger partial charge in [0.05, 0.1) is 7.05 Å². The number of β-lactam (4-membered cyclic amide) rings is 1. The van der Waals surface area contributed by atoms with Crippen molar-refractivity contribution >= 4 is 69.1 Å². The SMILES string of the molecule is CO/N=C(\C(=O)N[C@@H]1C(=O)N2C(C(=O)O)=C(CSc3cccc4n3cc[n+]4C)CS[C@@H]12)c1csc(N)n1. The van der Waals surface area contributed by atoms with Gasteiger partial charge in [0.25, 0.3) is 17.5 Å². The average molecular weight is 561 g/mol. The summed E-state index contributed by atoms with van der Waals surface area (Å²) in [6.07, 6.45) is 3.89. The predicted octanol–water partition coefficient (Wildman–Crippen LogP) is 0.684. The molecule has 12 nitrogen and oxygen atoms in total. The number of carboxylic acids is 1. The Morgan fingerprint density at radius 3 is 2.95 bits per heavy atom. The molecule has 1 saturated heterocycles. The molecule has 3 aromatic rings. The third-order valence-corrected chi connectivity index (χ3v) is 9.00. The number of amides is 2. The zero-order chi connectivity index (χ0) is 26.3. The van der Waals surface area contributed by atoms with Crippen molar-refractivity contribution in [3.8, 4) is 0 Å². The molecule has 0 unspecified atom stereocenters. The van der Waals surface area contributed by atoms with Crippen LogP contribution in [-0.4, -0.2) is 72.9 Å². The second kappa shape index (κ2) is 10.1. The summed E-state index contributed by atoms with van der Waals surface area (Å²) in [6.45, 7) is 0. The summed E-state index contributed by atoms with van der Waals surface area (Å²) in [6, 6.07) is 5.00.